The van der Waals surface area contributed by atoms with Crippen LogP contribution in [0.3, 0.4) is 0 Å². The van der Waals surface area contributed by atoms with Crippen molar-refractivity contribution >= 4 is 17.6 Å². The predicted octanol–water partition coefficient (Wildman–Crippen LogP) is 2.78. The molecule has 1 aliphatic rings. The van der Waals surface area contributed by atoms with Gasteiger partial charge in [-0.15, -0.1) is 0 Å². The summed E-state index contributed by atoms with van der Waals surface area (Å²) in [6.45, 7) is 5.96. The minimum absolute atomic E-state index is 0.0812. The number of guanidine groups is 1. The highest BCUT2D eigenvalue weighted by Crippen LogP contribution is 2.17. The van der Waals surface area contributed by atoms with Gasteiger partial charge < -0.3 is 25.2 Å². The normalized spacial score (nSPS) is 16.5. The van der Waals surface area contributed by atoms with E-state index in [-0.39, 0.29) is 12.0 Å². The van der Waals surface area contributed by atoms with Gasteiger partial charge in [-0.3, -0.25) is 9.79 Å². The maximum Gasteiger partial charge on any atom is 0.253 e. The van der Waals surface area contributed by atoms with Gasteiger partial charge in [-0.1, -0.05) is 31.1 Å². The minimum atomic E-state index is -0.340. The third-order valence-corrected chi connectivity index (χ3v) is 5.14. The molecule has 162 valence electrons. The molecule has 0 bridgehead atoms. The van der Waals surface area contributed by atoms with Crippen LogP contribution in [-0.4, -0.2) is 36.8 Å². The second-order valence-electron chi connectivity index (χ2n) is 7.21. The topological polar surface area (TPSA) is 101 Å². The number of nitrogens with zero attached hydrogens (tertiary/aromatic N) is 2. The average molecular weight is 414 g/mol. The van der Waals surface area contributed by atoms with Gasteiger partial charge in [0.2, 0.25) is 0 Å². The van der Waals surface area contributed by atoms with Crippen LogP contribution in [0.2, 0.25) is 0 Å². The molecule has 0 saturated carbocycles. The molecular formula is C22H31N5O3. The van der Waals surface area contributed by atoms with E-state index in [1.165, 1.54) is 0 Å². The molecule has 1 unspecified atom stereocenters. The minimum Gasteiger partial charge on any atom is -0.368 e. The van der Waals surface area contributed by atoms with Crippen molar-refractivity contribution < 1.29 is 14.1 Å². The van der Waals surface area contributed by atoms with Gasteiger partial charge in [0.05, 0.1) is 5.69 Å². The molecule has 3 N–H and O–H groups in total. The first-order chi connectivity index (χ1) is 14.6. The Morgan fingerprint density at radius 3 is 2.77 bits per heavy atom. The lowest BCUT2D eigenvalue weighted by Crippen LogP contribution is -2.36. The third kappa shape index (κ3) is 5.60. The van der Waals surface area contributed by atoms with E-state index >= 15 is 0 Å². The van der Waals surface area contributed by atoms with Gasteiger partial charge in [-0.05, 0) is 37.0 Å². The molecule has 0 spiro atoms. The van der Waals surface area contributed by atoms with Crippen molar-refractivity contribution in [3.63, 3.8) is 0 Å². The van der Waals surface area contributed by atoms with Gasteiger partial charge in [-0.2, -0.15) is 0 Å². The highest BCUT2D eigenvalue weighted by molar-refractivity contribution is 5.94. The number of aryl methyl sites for hydroxylation is 2. The summed E-state index contributed by atoms with van der Waals surface area (Å²) in [7, 11) is 1.74. The number of carbonyl (C=O) groups excluding carboxylic acids is 1. The summed E-state index contributed by atoms with van der Waals surface area (Å²) in [6, 6.07) is 7.77. The third-order valence-electron chi connectivity index (χ3n) is 5.14. The summed E-state index contributed by atoms with van der Waals surface area (Å²) in [5.74, 6) is 1.51. The molecule has 2 aromatic rings. The highest BCUT2D eigenvalue weighted by atomic mass is 16.5. The number of amides is 1. The van der Waals surface area contributed by atoms with E-state index < -0.39 is 0 Å². The highest BCUT2D eigenvalue weighted by Gasteiger charge is 2.23. The van der Waals surface area contributed by atoms with Crippen molar-refractivity contribution in [3.05, 3.63) is 46.8 Å². The van der Waals surface area contributed by atoms with Crippen molar-refractivity contribution in [2.45, 2.75) is 58.7 Å². The van der Waals surface area contributed by atoms with Crippen LogP contribution >= 0.6 is 0 Å². The standard InChI is InChI=1S/C22H31N5O3/c1-4-18-17(19(5-2)30-27-18)14-25-22(23-3)24-13-15-8-6-9-16(12-15)26-21(28)20-10-7-11-29-20/h6,8-9,12,20H,4-5,7,10-11,13-14H2,1-3H3,(H,26,28)(H2,23,24,25). The zero-order chi connectivity index (χ0) is 21.3. The Bertz CT molecular complexity index is 850. The molecule has 0 radical (unpaired) electrons. The molecular weight excluding hydrogens is 382 g/mol. The van der Waals surface area contributed by atoms with Gasteiger partial charge in [-0.25, -0.2) is 0 Å². The lowest BCUT2D eigenvalue weighted by Gasteiger charge is -2.14. The molecule has 8 nitrogen and oxygen atoms in total. The molecule has 8 heteroatoms. The van der Waals surface area contributed by atoms with Gasteiger partial charge >= 0.3 is 0 Å². The van der Waals surface area contributed by atoms with Crippen molar-refractivity contribution in [1.82, 2.24) is 15.8 Å². The maximum absolute atomic E-state index is 12.2. The molecule has 1 atom stereocenters. The number of aliphatic imine (C=N–C) groups is 1. The lowest BCUT2D eigenvalue weighted by molar-refractivity contribution is -0.124. The Hall–Kier alpha value is -2.87. The van der Waals surface area contributed by atoms with Crippen LogP contribution in [-0.2, 0) is 35.5 Å². The number of anilines is 1. The van der Waals surface area contributed by atoms with E-state index in [0.717, 1.165) is 54.0 Å². The Balaban J connectivity index is 1.53. The van der Waals surface area contributed by atoms with E-state index in [0.29, 0.717) is 25.7 Å². The molecule has 1 aliphatic heterocycles. The second kappa shape index (κ2) is 10.8. The first-order valence-corrected chi connectivity index (χ1v) is 10.6. The van der Waals surface area contributed by atoms with Gasteiger partial charge in [0.1, 0.15) is 11.9 Å². The summed E-state index contributed by atoms with van der Waals surface area (Å²) in [6.07, 6.45) is 3.01. The quantitative estimate of drug-likeness (QED) is 0.454. The largest absolute Gasteiger partial charge is 0.368 e. The maximum atomic E-state index is 12.2. The first-order valence-electron chi connectivity index (χ1n) is 10.6. The van der Waals surface area contributed by atoms with Gasteiger partial charge in [0, 0.05) is 44.4 Å². The molecule has 0 aliphatic carbocycles. The molecule has 2 heterocycles. The van der Waals surface area contributed by atoms with E-state index in [1.54, 1.807) is 7.05 Å². The summed E-state index contributed by atoms with van der Waals surface area (Å²) in [5, 5.41) is 13.7. The van der Waals surface area contributed by atoms with E-state index in [4.69, 9.17) is 9.26 Å². The first kappa shape index (κ1) is 21.8. The fourth-order valence-electron chi connectivity index (χ4n) is 3.48. The van der Waals surface area contributed by atoms with Crippen LogP contribution < -0.4 is 16.0 Å². The molecule has 30 heavy (non-hydrogen) atoms. The van der Waals surface area contributed by atoms with Crippen LogP contribution in [0.25, 0.3) is 0 Å². The molecule has 1 aromatic heterocycles. The fourth-order valence-corrected chi connectivity index (χ4v) is 3.48. The molecule has 1 fully saturated rings. The van der Waals surface area contributed by atoms with Crippen LogP contribution in [0.4, 0.5) is 5.69 Å². The number of hydrogen-bond donors (Lipinski definition) is 3. The van der Waals surface area contributed by atoms with E-state index in [9.17, 15) is 4.79 Å². The van der Waals surface area contributed by atoms with Crippen LogP contribution in [0.15, 0.2) is 33.8 Å². The lowest BCUT2D eigenvalue weighted by atomic mass is 10.1. The summed E-state index contributed by atoms with van der Waals surface area (Å²) >= 11 is 0. The Kier molecular flexibility index (Phi) is 7.84. The number of rotatable bonds is 8. The van der Waals surface area contributed by atoms with Crippen molar-refractivity contribution in [2.24, 2.45) is 4.99 Å². The van der Waals surface area contributed by atoms with Crippen LogP contribution in [0, 0.1) is 0 Å². The Labute approximate surface area is 177 Å². The Morgan fingerprint density at radius 2 is 2.07 bits per heavy atom. The number of ether oxygens (including phenoxy) is 1. The average Bonchev–Trinajstić information content (AvgIpc) is 3.44. The molecule has 1 amide bonds. The molecule has 1 saturated heterocycles. The summed E-state index contributed by atoms with van der Waals surface area (Å²) in [4.78, 5) is 16.5. The molecule has 3 rings (SSSR count). The van der Waals surface area contributed by atoms with Crippen molar-refractivity contribution in [2.75, 3.05) is 19.0 Å². The SMILES string of the molecule is CCc1noc(CC)c1CNC(=NC)NCc1cccc(NC(=O)C2CCCO2)c1. The number of hydrogen-bond acceptors (Lipinski definition) is 5. The number of aromatic nitrogens is 1. The monoisotopic (exact) mass is 413 g/mol. The van der Waals surface area contributed by atoms with Crippen molar-refractivity contribution in [1.29, 1.82) is 0 Å². The zero-order valence-corrected chi connectivity index (χ0v) is 18.0. The van der Waals surface area contributed by atoms with Crippen LogP contribution in [0.5, 0.6) is 0 Å². The zero-order valence-electron chi connectivity index (χ0n) is 18.0. The summed E-state index contributed by atoms with van der Waals surface area (Å²) in [5.41, 5.74) is 3.88. The van der Waals surface area contributed by atoms with Crippen molar-refractivity contribution in [3.8, 4) is 0 Å². The number of carbonyl (C=O) groups is 1. The molecule has 1 aromatic carbocycles. The number of benzene rings is 1. The Morgan fingerprint density at radius 1 is 1.23 bits per heavy atom. The predicted molar refractivity (Wildman–Crippen MR) is 116 cm³/mol. The van der Waals surface area contributed by atoms with E-state index in [1.807, 2.05) is 24.3 Å². The van der Waals surface area contributed by atoms with Crippen LogP contribution in [0.1, 0.15) is 49.3 Å². The second-order valence-corrected chi connectivity index (χ2v) is 7.21. The van der Waals surface area contributed by atoms with E-state index in [2.05, 4.69) is 39.9 Å². The summed E-state index contributed by atoms with van der Waals surface area (Å²) < 4.78 is 10.9. The van der Waals surface area contributed by atoms with Gasteiger partial charge in [0.15, 0.2) is 5.96 Å². The number of nitrogens with one attached hydrogen (secondary N) is 3. The van der Waals surface area contributed by atoms with Gasteiger partial charge in [0.25, 0.3) is 5.91 Å². The smallest absolute Gasteiger partial charge is 0.253 e. The fraction of sp³-hybridized carbons (Fsp3) is 0.500.